The number of carbonyl (C=O) groups excluding carboxylic acids is 2. The van der Waals surface area contributed by atoms with E-state index in [9.17, 15) is 9.59 Å². The minimum atomic E-state index is -0.196. The van der Waals surface area contributed by atoms with E-state index < -0.39 is 0 Å². The fourth-order valence-corrected chi connectivity index (χ4v) is 4.27. The molecule has 0 radical (unpaired) electrons. The van der Waals surface area contributed by atoms with Gasteiger partial charge in [0.15, 0.2) is 5.78 Å². The van der Waals surface area contributed by atoms with E-state index in [-0.39, 0.29) is 11.6 Å². The average molecular weight is 391 g/mol. The average Bonchev–Trinajstić information content (AvgIpc) is 2.69. The third kappa shape index (κ3) is 5.61. The van der Waals surface area contributed by atoms with Crippen molar-refractivity contribution in [2.45, 2.75) is 58.3 Å². The van der Waals surface area contributed by atoms with Crippen molar-refractivity contribution in [3.63, 3.8) is 0 Å². The van der Waals surface area contributed by atoms with Crippen LogP contribution in [0.25, 0.3) is 0 Å². The van der Waals surface area contributed by atoms with Gasteiger partial charge in [-0.05, 0) is 24.3 Å². The molecule has 0 saturated carbocycles. The zero-order valence-corrected chi connectivity index (χ0v) is 17.5. The van der Waals surface area contributed by atoms with Crippen LogP contribution in [0.3, 0.4) is 0 Å². The third-order valence-electron chi connectivity index (χ3n) is 4.78. The van der Waals surface area contributed by atoms with Crippen LogP contribution in [0.2, 0.25) is 0 Å². The second-order valence-electron chi connectivity index (χ2n) is 6.75. The number of allylic oxidation sites excluding steroid dienone is 2. The van der Waals surface area contributed by atoms with Crippen molar-refractivity contribution in [2.75, 3.05) is 20.0 Å². The summed E-state index contributed by atoms with van der Waals surface area (Å²) in [6, 6.07) is 3.34. The molecular weight excluding hydrogens is 360 g/mol. The van der Waals surface area contributed by atoms with Crippen molar-refractivity contribution in [3.8, 4) is 11.5 Å². The molecule has 1 aliphatic carbocycles. The molecule has 0 unspecified atom stereocenters. The number of thioether (sulfide) groups is 1. The Morgan fingerprint density at radius 3 is 1.96 bits per heavy atom. The fourth-order valence-electron chi connectivity index (χ4n) is 3.28. The highest BCUT2D eigenvalue weighted by molar-refractivity contribution is 8.04. The molecule has 0 fully saturated rings. The predicted octanol–water partition coefficient (Wildman–Crippen LogP) is 5.84. The van der Waals surface area contributed by atoms with Crippen LogP contribution in [-0.4, -0.2) is 31.5 Å². The molecule has 4 nitrogen and oxygen atoms in total. The number of fused-ring (bicyclic) bond motifs is 1. The maximum atomic E-state index is 12.9. The smallest absolute Gasteiger partial charge is 0.204 e. The molecule has 1 aromatic rings. The molecule has 0 N–H and O–H groups in total. The summed E-state index contributed by atoms with van der Waals surface area (Å²) in [5.74, 6) is 1.33. The molecule has 0 aliphatic heterocycles. The molecule has 1 aliphatic rings. The van der Waals surface area contributed by atoms with Crippen LogP contribution in [0.4, 0.5) is 0 Å². The van der Waals surface area contributed by atoms with Gasteiger partial charge >= 0.3 is 0 Å². The normalized spacial score (nSPS) is 13.4. The Morgan fingerprint density at radius 2 is 1.37 bits per heavy atom. The Kier molecular flexibility index (Phi) is 8.92. The zero-order valence-electron chi connectivity index (χ0n) is 16.6. The van der Waals surface area contributed by atoms with Gasteiger partial charge < -0.3 is 9.47 Å². The molecule has 148 valence electrons. The molecule has 0 atom stereocenters. The van der Waals surface area contributed by atoms with E-state index >= 15 is 0 Å². The lowest BCUT2D eigenvalue weighted by molar-refractivity contribution is 0.0986. The van der Waals surface area contributed by atoms with E-state index in [0.717, 1.165) is 12.2 Å². The number of rotatable bonds is 12. The van der Waals surface area contributed by atoms with Gasteiger partial charge in [0.05, 0.1) is 30.3 Å². The van der Waals surface area contributed by atoms with Crippen LogP contribution in [-0.2, 0) is 0 Å². The first-order chi connectivity index (χ1) is 13.1. The van der Waals surface area contributed by atoms with Crippen molar-refractivity contribution in [2.24, 2.45) is 0 Å². The summed E-state index contributed by atoms with van der Waals surface area (Å²) in [6.45, 7) is 2.23. The largest absolute Gasteiger partial charge is 0.496 e. The number of methoxy groups -OCH3 is 2. The summed E-state index contributed by atoms with van der Waals surface area (Å²) >= 11 is 1.47. The highest BCUT2D eigenvalue weighted by atomic mass is 32.2. The summed E-state index contributed by atoms with van der Waals surface area (Å²) in [7, 11) is 3.00. The molecule has 1 aromatic carbocycles. The first-order valence-corrected chi connectivity index (χ1v) is 10.8. The Morgan fingerprint density at radius 1 is 0.815 bits per heavy atom. The van der Waals surface area contributed by atoms with Crippen molar-refractivity contribution in [1.29, 1.82) is 0 Å². The Bertz CT molecular complexity index is 694. The maximum absolute atomic E-state index is 12.9. The molecule has 27 heavy (non-hydrogen) atoms. The number of Topliss-reactive ketones (excluding diaryl/α,β-unsaturated/α-hetero) is 1. The maximum Gasteiger partial charge on any atom is 0.204 e. The van der Waals surface area contributed by atoms with E-state index in [1.807, 2.05) is 0 Å². The van der Waals surface area contributed by atoms with Gasteiger partial charge in [-0.3, -0.25) is 9.59 Å². The standard InChI is InChI=1S/C22H30O4S/c1-4-5-6-7-8-9-10-11-14-27-19-15-16(23)20-17(25-2)12-13-18(26-3)21(20)22(19)24/h12-13,15H,4-11,14H2,1-3H3. The van der Waals surface area contributed by atoms with Gasteiger partial charge in [0, 0.05) is 6.08 Å². The second kappa shape index (κ2) is 11.2. The summed E-state index contributed by atoms with van der Waals surface area (Å²) < 4.78 is 10.6. The highest BCUT2D eigenvalue weighted by Gasteiger charge is 2.32. The van der Waals surface area contributed by atoms with Crippen LogP contribution in [0.15, 0.2) is 23.1 Å². The topological polar surface area (TPSA) is 52.6 Å². The molecule has 0 spiro atoms. The predicted molar refractivity (Wildman–Crippen MR) is 111 cm³/mol. The van der Waals surface area contributed by atoms with E-state index in [0.29, 0.717) is 27.5 Å². The number of ketones is 2. The van der Waals surface area contributed by atoms with Crippen molar-refractivity contribution >= 4 is 23.3 Å². The van der Waals surface area contributed by atoms with E-state index in [4.69, 9.17) is 9.47 Å². The first-order valence-electron chi connectivity index (χ1n) is 9.82. The molecule has 0 amide bonds. The highest BCUT2D eigenvalue weighted by Crippen LogP contribution is 2.38. The first kappa shape index (κ1) is 21.5. The Balaban J connectivity index is 1.90. The number of carbonyl (C=O) groups is 2. The van der Waals surface area contributed by atoms with Crippen molar-refractivity contribution in [3.05, 3.63) is 34.2 Å². The van der Waals surface area contributed by atoms with Gasteiger partial charge in [0.1, 0.15) is 11.5 Å². The minimum Gasteiger partial charge on any atom is -0.496 e. The SMILES string of the molecule is CCCCCCCCCCSC1=CC(=O)c2c(OC)ccc(OC)c2C1=O. The minimum absolute atomic E-state index is 0.148. The molecule has 0 heterocycles. The van der Waals surface area contributed by atoms with Gasteiger partial charge in [0.25, 0.3) is 0 Å². The fraction of sp³-hybridized carbons (Fsp3) is 0.545. The quantitative estimate of drug-likeness (QED) is 0.420. The lowest BCUT2D eigenvalue weighted by Crippen LogP contribution is -2.18. The lowest BCUT2D eigenvalue weighted by Gasteiger charge is -2.19. The van der Waals surface area contributed by atoms with Gasteiger partial charge in [-0.1, -0.05) is 51.9 Å². The number of benzene rings is 1. The van der Waals surface area contributed by atoms with Crippen LogP contribution in [0.5, 0.6) is 11.5 Å². The second-order valence-corrected chi connectivity index (χ2v) is 7.88. The molecule has 0 aromatic heterocycles. The summed E-state index contributed by atoms with van der Waals surface area (Å²) in [4.78, 5) is 26.0. The lowest BCUT2D eigenvalue weighted by atomic mass is 9.93. The van der Waals surface area contributed by atoms with Crippen molar-refractivity contribution < 1.29 is 19.1 Å². The molecule has 0 saturated heterocycles. The zero-order chi connectivity index (χ0) is 19.6. The number of ether oxygens (including phenoxy) is 2. The summed E-state index contributed by atoms with van der Waals surface area (Å²) in [6.07, 6.45) is 11.5. The summed E-state index contributed by atoms with van der Waals surface area (Å²) in [5.41, 5.74) is 0.626. The molecule has 2 rings (SSSR count). The van der Waals surface area contributed by atoms with Crippen LogP contribution in [0.1, 0.15) is 79.0 Å². The van der Waals surface area contributed by atoms with Crippen LogP contribution in [0, 0.1) is 0 Å². The molecular formula is C22H30O4S. The van der Waals surface area contributed by atoms with Crippen LogP contribution >= 0.6 is 11.8 Å². The van der Waals surface area contributed by atoms with E-state index in [1.165, 1.54) is 77.0 Å². The van der Waals surface area contributed by atoms with E-state index in [2.05, 4.69) is 6.92 Å². The Labute approximate surface area is 166 Å². The van der Waals surface area contributed by atoms with Gasteiger partial charge in [-0.25, -0.2) is 0 Å². The number of hydrogen-bond donors (Lipinski definition) is 0. The summed E-state index contributed by atoms with van der Waals surface area (Å²) in [5, 5.41) is 0. The van der Waals surface area contributed by atoms with Gasteiger partial charge in [0.2, 0.25) is 5.78 Å². The van der Waals surface area contributed by atoms with Gasteiger partial charge in [-0.2, -0.15) is 0 Å². The number of hydrogen-bond acceptors (Lipinski definition) is 5. The third-order valence-corrected chi connectivity index (χ3v) is 5.89. The number of unbranched alkanes of at least 4 members (excludes halogenated alkanes) is 7. The van der Waals surface area contributed by atoms with Crippen molar-refractivity contribution in [1.82, 2.24) is 0 Å². The monoisotopic (exact) mass is 390 g/mol. The Hall–Kier alpha value is -1.75. The molecule has 0 bridgehead atoms. The van der Waals surface area contributed by atoms with Crippen LogP contribution < -0.4 is 9.47 Å². The molecule has 5 heteroatoms. The van der Waals surface area contributed by atoms with E-state index in [1.54, 1.807) is 12.1 Å². The van der Waals surface area contributed by atoms with Gasteiger partial charge in [-0.15, -0.1) is 11.8 Å².